The van der Waals surface area contributed by atoms with Gasteiger partial charge in [-0.2, -0.15) is 0 Å². The van der Waals surface area contributed by atoms with Gasteiger partial charge in [-0.25, -0.2) is 0 Å². The lowest BCUT2D eigenvalue weighted by Gasteiger charge is -2.28. The summed E-state index contributed by atoms with van der Waals surface area (Å²) in [5.41, 5.74) is 41.1. The maximum Gasteiger partial charge on any atom is 0.120 e. The molecule has 2 atom stereocenters. The van der Waals surface area contributed by atoms with Gasteiger partial charge in [0.2, 0.25) is 0 Å². The van der Waals surface area contributed by atoms with Crippen molar-refractivity contribution in [3.8, 4) is 112 Å². The molecule has 6 nitrogen and oxygen atoms in total. The van der Waals surface area contributed by atoms with Crippen LogP contribution in [0.5, 0.6) is 11.5 Å². The van der Waals surface area contributed by atoms with Crippen LogP contribution in [0, 0.1) is 0 Å². The van der Waals surface area contributed by atoms with Crippen LogP contribution in [0.25, 0.3) is 144 Å². The summed E-state index contributed by atoms with van der Waals surface area (Å²) in [6.45, 7) is 28.9. The summed E-state index contributed by atoms with van der Waals surface area (Å²) < 4.78 is 17.1. The van der Waals surface area contributed by atoms with Gasteiger partial charge < -0.3 is 28.4 Å². The van der Waals surface area contributed by atoms with Crippen molar-refractivity contribution < 1.29 is 9.47 Å². The van der Waals surface area contributed by atoms with Gasteiger partial charge in [0.15, 0.2) is 0 Å². The predicted octanol–water partition coefficient (Wildman–Crippen LogP) is 36.1. The molecule has 0 fully saturated rings. The van der Waals surface area contributed by atoms with Crippen molar-refractivity contribution in [3.05, 3.63) is 446 Å². The molecular formula is C129H114N4O2. The van der Waals surface area contributed by atoms with E-state index in [1.54, 1.807) is 0 Å². The number of benzene rings is 18. The van der Waals surface area contributed by atoms with Crippen molar-refractivity contribution in [1.29, 1.82) is 0 Å². The number of nitrogens with zero attached hydrogens (tertiary/aromatic N) is 4. The number of anilines is 6. The Labute approximate surface area is 795 Å². The molecule has 0 amide bonds. The van der Waals surface area contributed by atoms with Gasteiger partial charge in [0.1, 0.15) is 17.1 Å². The van der Waals surface area contributed by atoms with Crippen LogP contribution >= 0.6 is 0 Å². The minimum atomic E-state index is -0.273. The molecule has 2 aromatic heterocycles. The zero-order valence-electron chi connectivity index (χ0n) is 79.5. The molecule has 0 saturated heterocycles. The zero-order chi connectivity index (χ0) is 92.5. The van der Waals surface area contributed by atoms with Crippen LogP contribution in [0.4, 0.5) is 34.1 Å². The lowest BCUT2D eigenvalue weighted by atomic mass is 9.82. The standard InChI is InChI=1S/C65H58N2O.C64H56N2O/c1-8-43(2)44-18-20-47(21-19-44)49-26-38-62-58(40-49)59-41-50(27-39-63(59)67(62)53-32-35-55(36-33-53)68-64(3,4)5)48-24-30-52(31-25-48)66(51-28-22-46(23-29-51)45-14-10-9-11-15-45)54-34-37-57-56-16-12-13-17-60(56)65(6,7)61(57)42-54;1-7-43(4)44-17-19-47(20-18-44)49-25-37-62-58(39-49)59-40-50(26-38-63(59)66(62)53-31-34-55(35-32-53)67-42(2)3)48-23-29-52(30-24-48)65(51-27-21-46(22-28-51)45-13-9-8-10-14-45)54-33-36-57-56-15-11-12-16-60(56)64(5,6)61(57)41-54/h9-43H,8H2,1-7H3;8-43H,7H2,1-6H3. The van der Waals surface area contributed by atoms with Gasteiger partial charge in [-0.1, -0.05) is 298 Å². The summed E-state index contributed by atoms with van der Waals surface area (Å²) in [5, 5.41) is 4.89. The molecule has 22 rings (SSSR count). The average Bonchev–Trinajstić information content (AvgIpc) is 1.58. The first-order valence-electron chi connectivity index (χ1n) is 48.1. The van der Waals surface area contributed by atoms with Crippen molar-refractivity contribution in [2.24, 2.45) is 0 Å². The van der Waals surface area contributed by atoms with Crippen LogP contribution in [0.15, 0.2) is 413 Å². The second-order valence-corrected chi connectivity index (χ2v) is 39.2. The molecule has 662 valence electrons. The predicted molar refractivity (Wildman–Crippen MR) is 572 cm³/mol. The highest BCUT2D eigenvalue weighted by Crippen LogP contribution is 2.54. The first-order chi connectivity index (χ1) is 65.6. The molecule has 2 aliphatic rings. The second kappa shape index (κ2) is 35.4. The van der Waals surface area contributed by atoms with E-state index in [1.807, 2.05) is 0 Å². The monoisotopic (exact) mass is 1750 g/mol. The minimum absolute atomic E-state index is 0.110. The lowest BCUT2D eigenvalue weighted by molar-refractivity contribution is 0.131. The highest BCUT2D eigenvalue weighted by molar-refractivity contribution is 6.13. The second-order valence-electron chi connectivity index (χ2n) is 39.2. The smallest absolute Gasteiger partial charge is 0.120 e. The Morgan fingerprint density at radius 1 is 0.259 bits per heavy atom. The Hall–Kier alpha value is -15.2. The Kier molecular flexibility index (Phi) is 22.7. The Bertz CT molecular complexity index is 7770. The highest BCUT2D eigenvalue weighted by atomic mass is 16.5. The van der Waals surface area contributed by atoms with Gasteiger partial charge in [-0.3, -0.25) is 0 Å². The van der Waals surface area contributed by atoms with Crippen molar-refractivity contribution in [2.75, 3.05) is 9.80 Å². The van der Waals surface area contributed by atoms with E-state index >= 15 is 0 Å². The number of rotatable bonds is 21. The van der Waals surface area contributed by atoms with E-state index in [4.69, 9.17) is 9.47 Å². The van der Waals surface area contributed by atoms with E-state index in [1.165, 1.54) is 166 Å². The summed E-state index contributed by atoms with van der Waals surface area (Å²) in [4.78, 5) is 4.81. The van der Waals surface area contributed by atoms with Crippen molar-refractivity contribution >= 4 is 77.7 Å². The third kappa shape index (κ3) is 16.4. The van der Waals surface area contributed by atoms with E-state index in [2.05, 4.69) is 521 Å². The summed E-state index contributed by atoms with van der Waals surface area (Å²) >= 11 is 0. The molecule has 2 aliphatic carbocycles. The number of hydrogen-bond acceptors (Lipinski definition) is 4. The minimum Gasteiger partial charge on any atom is -0.491 e. The fourth-order valence-corrected chi connectivity index (χ4v) is 20.8. The molecule has 0 aliphatic heterocycles. The number of ether oxygens (including phenoxy) is 2. The van der Waals surface area contributed by atoms with Crippen LogP contribution in [0.1, 0.15) is 148 Å². The first-order valence-corrected chi connectivity index (χ1v) is 48.1. The summed E-state index contributed by atoms with van der Waals surface area (Å²) in [6.07, 6.45) is 2.37. The van der Waals surface area contributed by atoms with E-state index in [9.17, 15) is 0 Å². The van der Waals surface area contributed by atoms with Crippen LogP contribution in [0.2, 0.25) is 0 Å². The summed E-state index contributed by atoms with van der Waals surface area (Å²) in [7, 11) is 0. The van der Waals surface area contributed by atoms with Gasteiger partial charge >= 0.3 is 0 Å². The van der Waals surface area contributed by atoms with Crippen LogP contribution in [0.3, 0.4) is 0 Å². The molecule has 0 saturated carbocycles. The number of aromatic nitrogens is 2. The van der Waals surface area contributed by atoms with Crippen LogP contribution in [-0.4, -0.2) is 20.8 Å². The van der Waals surface area contributed by atoms with Gasteiger partial charge in [-0.15, -0.1) is 0 Å². The van der Waals surface area contributed by atoms with Crippen LogP contribution in [-0.2, 0) is 10.8 Å². The van der Waals surface area contributed by atoms with Gasteiger partial charge in [-0.05, 0) is 352 Å². The topological polar surface area (TPSA) is 34.8 Å². The Balaban J connectivity index is 0.000000162. The molecule has 2 heterocycles. The molecule has 20 aromatic rings. The molecule has 0 N–H and O–H groups in total. The molecular weight excluding hydrogens is 1640 g/mol. The summed E-state index contributed by atoms with van der Waals surface area (Å²) in [5.74, 6) is 2.82. The van der Waals surface area contributed by atoms with Crippen molar-refractivity contribution in [2.45, 2.75) is 137 Å². The number of fused-ring (bicyclic) bond motifs is 12. The fraction of sp³-hybridized carbons (Fsp3) is 0.163. The van der Waals surface area contributed by atoms with Gasteiger partial charge in [0.05, 0.1) is 28.2 Å². The maximum absolute atomic E-state index is 6.23. The van der Waals surface area contributed by atoms with E-state index in [0.717, 1.165) is 69.8 Å². The Morgan fingerprint density at radius 3 is 0.837 bits per heavy atom. The largest absolute Gasteiger partial charge is 0.491 e. The lowest BCUT2D eigenvalue weighted by Crippen LogP contribution is -2.22. The number of hydrogen-bond donors (Lipinski definition) is 0. The highest BCUT2D eigenvalue weighted by Gasteiger charge is 2.38. The molecule has 0 spiro atoms. The summed E-state index contributed by atoms with van der Waals surface area (Å²) in [6, 6.07) is 152. The fourth-order valence-electron chi connectivity index (χ4n) is 20.8. The molecule has 2 unspecified atom stereocenters. The van der Waals surface area contributed by atoms with Gasteiger partial charge in [0, 0.05) is 77.9 Å². The van der Waals surface area contributed by atoms with E-state index in [0.29, 0.717) is 11.8 Å². The maximum atomic E-state index is 6.23. The normalized spacial score (nSPS) is 13.3. The average molecular weight is 1750 g/mol. The third-order valence-electron chi connectivity index (χ3n) is 28.4. The molecule has 0 radical (unpaired) electrons. The van der Waals surface area contributed by atoms with E-state index < -0.39 is 0 Å². The molecule has 6 heteroatoms. The molecule has 135 heavy (non-hydrogen) atoms. The van der Waals surface area contributed by atoms with E-state index in [-0.39, 0.29) is 22.5 Å². The van der Waals surface area contributed by atoms with Crippen molar-refractivity contribution in [3.63, 3.8) is 0 Å². The van der Waals surface area contributed by atoms with Crippen LogP contribution < -0.4 is 19.3 Å². The zero-order valence-corrected chi connectivity index (χ0v) is 79.5. The quantitative estimate of drug-likeness (QED) is 0.0718. The molecule has 18 aromatic carbocycles. The first kappa shape index (κ1) is 86.5. The Morgan fingerprint density at radius 2 is 0.526 bits per heavy atom. The molecule has 0 bridgehead atoms. The van der Waals surface area contributed by atoms with Gasteiger partial charge in [0.25, 0.3) is 0 Å². The SMILES string of the molecule is CCC(C)c1ccc(-c2ccc3c(c2)c2cc(-c4ccc(N(c5ccc(-c6ccccc6)cc5)c5ccc6c(c5)C(C)(C)c5ccccc5-6)cc4)ccc2n3-c2ccc(OC(C)(C)C)cc2)cc1.CCC(C)c1ccc(-c2ccc3c(c2)c2cc(-c4ccc(N(c5ccc(-c6ccccc6)cc5)c5ccc6c(c5)C(C)(C)c5ccccc5-6)cc4)ccc2n3-c2ccc(OC(C)C)cc2)cc1. The third-order valence-corrected chi connectivity index (χ3v) is 28.4. The van der Waals surface area contributed by atoms with Crippen molar-refractivity contribution in [1.82, 2.24) is 9.13 Å².